The van der Waals surface area contributed by atoms with Crippen molar-refractivity contribution in [1.29, 1.82) is 0 Å². The van der Waals surface area contributed by atoms with E-state index in [4.69, 9.17) is 0 Å². The highest BCUT2D eigenvalue weighted by atomic mass is 16.1. The molecule has 0 aliphatic rings. The number of allylic oxidation sites excluding steroid dienone is 2. The third kappa shape index (κ3) is 3.81. The van der Waals surface area contributed by atoms with Crippen LogP contribution >= 0.6 is 0 Å². The fraction of sp³-hybridized carbons (Fsp3) is 0.667. The lowest BCUT2D eigenvalue weighted by atomic mass is 10.3. The van der Waals surface area contributed by atoms with Crippen molar-refractivity contribution >= 4 is 5.78 Å². The Balaban J connectivity index is 4.18. The van der Waals surface area contributed by atoms with Crippen molar-refractivity contribution < 1.29 is 4.79 Å². The third-order valence-corrected chi connectivity index (χ3v) is 1.67. The summed E-state index contributed by atoms with van der Waals surface area (Å²) >= 11 is 0. The summed E-state index contributed by atoms with van der Waals surface area (Å²) in [6.45, 7) is 9.64. The number of hydrogen-bond acceptors (Lipinski definition) is 2. The maximum absolute atomic E-state index is 10.7. The van der Waals surface area contributed by atoms with Gasteiger partial charge in [0.25, 0.3) is 0 Å². The molecule has 0 radical (unpaired) electrons. The number of carbonyl (C=O) groups excluding carboxylic acids is 1. The van der Waals surface area contributed by atoms with Gasteiger partial charge in [-0.05, 0) is 33.8 Å². The zero-order valence-electron chi connectivity index (χ0n) is 7.85. The molecule has 2 nitrogen and oxygen atoms in total. The minimum Gasteiger partial charge on any atom is -0.376 e. The van der Waals surface area contributed by atoms with Crippen molar-refractivity contribution in [1.82, 2.24) is 4.90 Å². The maximum Gasteiger partial charge on any atom is 0.154 e. The van der Waals surface area contributed by atoms with Crippen molar-refractivity contribution in [3.8, 4) is 0 Å². The van der Waals surface area contributed by atoms with Gasteiger partial charge in [0.2, 0.25) is 0 Å². The molecule has 0 saturated heterocycles. The normalized spacial score (nSPS) is 11.5. The molecule has 0 aromatic carbocycles. The molecule has 64 valence electrons. The van der Waals surface area contributed by atoms with Crippen LogP contribution in [0.4, 0.5) is 0 Å². The molecule has 0 aromatic heterocycles. The monoisotopic (exact) mass is 155 g/mol. The standard InChI is InChI=1S/C9H17NO/c1-5-10(6-2)8(3)7-9(4)11/h7H,5-6H2,1-4H3/b8-7+. The Morgan fingerprint density at radius 2 is 1.73 bits per heavy atom. The molecule has 0 N–H and O–H groups in total. The number of nitrogens with zero attached hydrogens (tertiary/aromatic N) is 1. The largest absolute Gasteiger partial charge is 0.376 e. The van der Waals surface area contributed by atoms with Crippen molar-refractivity contribution in [2.75, 3.05) is 13.1 Å². The lowest BCUT2D eigenvalue weighted by Gasteiger charge is -2.20. The minimum absolute atomic E-state index is 0.120. The smallest absolute Gasteiger partial charge is 0.154 e. The van der Waals surface area contributed by atoms with E-state index in [1.54, 1.807) is 13.0 Å². The average molecular weight is 155 g/mol. The van der Waals surface area contributed by atoms with E-state index in [1.807, 2.05) is 6.92 Å². The van der Waals surface area contributed by atoms with Crippen LogP contribution in [0.3, 0.4) is 0 Å². The Hall–Kier alpha value is -0.790. The Labute approximate surface area is 68.9 Å². The summed E-state index contributed by atoms with van der Waals surface area (Å²) < 4.78 is 0. The quantitative estimate of drug-likeness (QED) is 0.577. The lowest BCUT2D eigenvalue weighted by Crippen LogP contribution is -2.20. The van der Waals surface area contributed by atoms with Gasteiger partial charge in [0.15, 0.2) is 5.78 Å². The van der Waals surface area contributed by atoms with Gasteiger partial charge in [-0.1, -0.05) is 0 Å². The van der Waals surface area contributed by atoms with E-state index in [0.29, 0.717) is 0 Å². The van der Waals surface area contributed by atoms with Crippen LogP contribution < -0.4 is 0 Å². The molecule has 0 spiro atoms. The molecule has 0 unspecified atom stereocenters. The molecule has 0 amide bonds. The van der Waals surface area contributed by atoms with E-state index in [2.05, 4.69) is 18.7 Å². The zero-order valence-corrected chi connectivity index (χ0v) is 7.85. The van der Waals surface area contributed by atoms with Crippen LogP contribution in [-0.2, 0) is 4.79 Å². The first-order chi connectivity index (χ1) is 5.11. The molecule has 0 atom stereocenters. The SMILES string of the molecule is CCN(CC)/C(C)=C/C(C)=O. The van der Waals surface area contributed by atoms with Crippen LogP contribution in [0.2, 0.25) is 0 Å². The Kier molecular flexibility index (Phi) is 4.59. The van der Waals surface area contributed by atoms with E-state index in [9.17, 15) is 4.79 Å². The predicted molar refractivity (Wildman–Crippen MR) is 47.4 cm³/mol. The molecule has 0 aromatic rings. The van der Waals surface area contributed by atoms with Crippen molar-refractivity contribution in [2.24, 2.45) is 0 Å². The second kappa shape index (κ2) is 4.94. The van der Waals surface area contributed by atoms with Crippen LogP contribution in [0.1, 0.15) is 27.7 Å². The molecule has 0 fully saturated rings. The van der Waals surface area contributed by atoms with E-state index >= 15 is 0 Å². The van der Waals surface area contributed by atoms with Gasteiger partial charge in [-0.3, -0.25) is 4.79 Å². The number of rotatable bonds is 4. The molecule has 2 heteroatoms. The van der Waals surface area contributed by atoms with Gasteiger partial charge in [0.1, 0.15) is 0 Å². The van der Waals surface area contributed by atoms with E-state index < -0.39 is 0 Å². The Bertz CT molecular complexity index is 157. The van der Waals surface area contributed by atoms with Crippen molar-refractivity contribution in [2.45, 2.75) is 27.7 Å². The first-order valence-electron chi connectivity index (χ1n) is 4.05. The lowest BCUT2D eigenvalue weighted by molar-refractivity contribution is -0.112. The van der Waals surface area contributed by atoms with Gasteiger partial charge in [0, 0.05) is 18.8 Å². The minimum atomic E-state index is 0.120. The van der Waals surface area contributed by atoms with Gasteiger partial charge in [-0.25, -0.2) is 0 Å². The highest BCUT2D eigenvalue weighted by molar-refractivity contribution is 5.87. The zero-order chi connectivity index (χ0) is 8.85. The summed E-state index contributed by atoms with van der Waals surface area (Å²) in [5, 5.41) is 0. The highest BCUT2D eigenvalue weighted by Gasteiger charge is 1.99. The first-order valence-corrected chi connectivity index (χ1v) is 4.05. The van der Waals surface area contributed by atoms with E-state index in [0.717, 1.165) is 18.8 Å². The van der Waals surface area contributed by atoms with Crippen molar-refractivity contribution in [3.63, 3.8) is 0 Å². The van der Waals surface area contributed by atoms with E-state index in [-0.39, 0.29) is 5.78 Å². The fourth-order valence-electron chi connectivity index (χ4n) is 1.11. The van der Waals surface area contributed by atoms with Crippen molar-refractivity contribution in [3.05, 3.63) is 11.8 Å². The molecule has 0 heterocycles. The molecule has 11 heavy (non-hydrogen) atoms. The van der Waals surface area contributed by atoms with Crippen LogP contribution in [-0.4, -0.2) is 23.8 Å². The third-order valence-electron chi connectivity index (χ3n) is 1.67. The first kappa shape index (κ1) is 10.2. The highest BCUT2D eigenvalue weighted by Crippen LogP contribution is 2.01. The van der Waals surface area contributed by atoms with Gasteiger partial charge in [-0.2, -0.15) is 0 Å². The van der Waals surface area contributed by atoms with Gasteiger partial charge >= 0.3 is 0 Å². The van der Waals surface area contributed by atoms with Crippen LogP contribution in [0.5, 0.6) is 0 Å². The molecule has 0 aliphatic heterocycles. The fourth-order valence-corrected chi connectivity index (χ4v) is 1.11. The average Bonchev–Trinajstić information content (AvgIpc) is 1.88. The maximum atomic E-state index is 10.7. The second-order valence-corrected chi connectivity index (χ2v) is 2.57. The Morgan fingerprint density at radius 3 is 2.00 bits per heavy atom. The van der Waals surface area contributed by atoms with Gasteiger partial charge < -0.3 is 4.90 Å². The molecule has 0 aliphatic carbocycles. The molecular formula is C9H17NO. The summed E-state index contributed by atoms with van der Waals surface area (Å²) in [6, 6.07) is 0. The topological polar surface area (TPSA) is 20.3 Å². The molecule has 0 bridgehead atoms. The summed E-state index contributed by atoms with van der Waals surface area (Å²) in [5.41, 5.74) is 1.06. The summed E-state index contributed by atoms with van der Waals surface area (Å²) in [4.78, 5) is 12.8. The van der Waals surface area contributed by atoms with Gasteiger partial charge in [0.05, 0.1) is 0 Å². The number of hydrogen-bond donors (Lipinski definition) is 0. The predicted octanol–water partition coefficient (Wildman–Crippen LogP) is 1.82. The summed E-state index contributed by atoms with van der Waals surface area (Å²) in [7, 11) is 0. The van der Waals surface area contributed by atoms with Crippen LogP contribution in [0.15, 0.2) is 11.8 Å². The van der Waals surface area contributed by atoms with Crippen LogP contribution in [0, 0.1) is 0 Å². The number of carbonyl (C=O) groups is 1. The molecular weight excluding hydrogens is 138 g/mol. The second-order valence-electron chi connectivity index (χ2n) is 2.57. The Morgan fingerprint density at radius 1 is 1.27 bits per heavy atom. The van der Waals surface area contributed by atoms with E-state index in [1.165, 1.54) is 0 Å². The van der Waals surface area contributed by atoms with Gasteiger partial charge in [-0.15, -0.1) is 0 Å². The summed E-state index contributed by atoms with van der Waals surface area (Å²) in [6.07, 6.45) is 1.67. The number of ketones is 1. The van der Waals surface area contributed by atoms with Crippen LogP contribution in [0.25, 0.3) is 0 Å². The summed E-state index contributed by atoms with van der Waals surface area (Å²) in [5.74, 6) is 0.120. The molecule has 0 saturated carbocycles. The molecule has 0 rings (SSSR count).